The number of esters is 2. The molecule has 10 nitrogen and oxygen atoms in total. The van der Waals surface area contributed by atoms with E-state index in [2.05, 4.69) is 10.3 Å². The molecule has 0 unspecified atom stereocenters. The predicted molar refractivity (Wildman–Crippen MR) is 120 cm³/mol. The summed E-state index contributed by atoms with van der Waals surface area (Å²) in [5, 5.41) is 2.45. The molecule has 0 aliphatic rings. The molecule has 1 rings (SSSR count). The molecule has 0 aliphatic carbocycles. The summed E-state index contributed by atoms with van der Waals surface area (Å²) >= 11 is 0. The third-order valence-corrected chi connectivity index (χ3v) is 4.83. The summed E-state index contributed by atoms with van der Waals surface area (Å²) in [7, 11) is 1.34. The second-order valence-corrected chi connectivity index (χ2v) is 8.22. The fourth-order valence-corrected chi connectivity index (χ4v) is 3.03. The van der Waals surface area contributed by atoms with E-state index in [1.807, 2.05) is 0 Å². The second-order valence-electron chi connectivity index (χ2n) is 8.22. The number of carbonyl (C=O) groups is 3. The number of alkyl halides is 3. The van der Waals surface area contributed by atoms with Crippen LogP contribution in [0.4, 0.5) is 13.2 Å². The molecule has 0 spiro atoms. The van der Waals surface area contributed by atoms with Crippen molar-refractivity contribution in [3.8, 4) is 11.5 Å². The van der Waals surface area contributed by atoms with Crippen molar-refractivity contribution in [3.63, 3.8) is 0 Å². The van der Waals surface area contributed by atoms with Crippen LogP contribution in [0.2, 0.25) is 0 Å². The van der Waals surface area contributed by atoms with Crippen LogP contribution in [0, 0.1) is 5.92 Å². The van der Waals surface area contributed by atoms with E-state index < -0.39 is 55.5 Å². The molecular weight excluding hydrogens is 489 g/mol. The Morgan fingerprint density at radius 3 is 2.36 bits per heavy atom. The molecule has 36 heavy (non-hydrogen) atoms. The van der Waals surface area contributed by atoms with Crippen LogP contribution in [0.25, 0.3) is 0 Å². The number of halogens is 3. The Bertz CT molecular complexity index is 879. The first kappa shape index (κ1) is 30.9. The number of rotatable bonds is 14. The van der Waals surface area contributed by atoms with Crippen LogP contribution in [-0.4, -0.2) is 67.8 Å². The zero-order chi connectivity index (χ0) is 27.5. The van der Waals surface area contributed by atoms with Gasteiger partial charge in [0.05, 0.1) is 13.2 Å². The molecule has 1 aromatic rings. The number of hydrogen-bond donors (Lipinski definition) is 1. The SMILES string of the molecule is COc1ccnc(C(=O)N[C@@H](C)C(=O)O[C@H](C(C)C)[C@H](C)OCCCC(F)(F)F)c1OCOC(C)=O. The van der Waals surface area contributed by atoms with Gasteiger partial charge in [-0.05, 0) is 26.2 Å². The minimum Gasteiger partial charge on any atom is -0.493 e. The van der Waals surface area contributed by atoms with Crippen molar-refractivity contribution >= 4 is 17.8 Å². The van der Waals surface area contributed by atoms with Gasteiger partial charge >= 0.3 is 18.1 Å². The molecule has 204 valence electrons. The largest absolute Gasteiger partial charge is 0.493 e. The third kappa shape index (κ3) is 10.7. The molecule has 0 radical (unpaired) electrons. The highest BCUT2D eigenvalue weighted by Crippen LogP contribution is 2.29. The summed E-state index contributed by atoms with van der Waals surface area (Å²) in [6, 6.07) is 0.312. The average Bonchev–Trinajstić information content (AvgIpc) is 2.78. The van der Waals surface area contributed by atoms with E-state index in [1.54, 1.807) is 20.8 Å². The summed E-state index contributed by atoms with van der Waals surface area (Å²) < 4.78 is 63.1. The lowest BCUT2D eigenvalue weighted by Gasteiger charge is -2.29. The number of methoxy groups -OCH3 is 1. The maximum Gasteiger partial charge on any atom is 0.389 e. The van der Waals surface area contributed by atoms with E-state index in [9.17, 15) is 27.6 Å². The molecule has 0 aromatic carbocycles. The first-order valence-electron chi connectivity index (χ1n) is 11.3. The topological polar surface area (TPSA) is 122 Å². The van der Waals surface area contributed by atoms with Crippen molar-refractivity contribution in [1.29, 1.82) is 0 Å². The van der Waals surface area contributed by atoms with Crippen LogP contribution in [0.15, 0.2) is 12.3 Å². The standard InChI is InChI=1S/C23H33F3N2O8/c1-13(2)19(15(4)33-11-7-9-23(24,25)26)36-22(31)14(3)28-21(30)18-20(35-12-34-16(5)29)17(32-6)8-10-27-18/h8,10,13-15,19H,7,9,11-12H2,1-6H3,(H,28,30)/t14-,15-,19+/m0/s1. The summed E-state index contributed by atoms with van der Waals surface area (Å²) in [6.45, 7) is 7.07. The number of aromatic nitrogens is 1. The first-order chi connectivity index (χ1) is 16.8. The lowest BCUT2D eigenvalue weighted by molar-refractivity contribution is -0.164. The highest BCUT2D eigenvalue weighted by atomic mass is 19.4. The Morgan fingerprint density at radius 1 is 1.14 bits per heavy atom. The molecule has 0 aliphatic heterocycles. The lowest BCUT2D eigenvalue weighted by atomic mass is 10.0. The number of hydrogen-bond acceptors (Lipinski definition) is 9. The van der Waals surface area contributed by atoms with Crippen molar-refractivity contribution in [1.82, 2.24) is 10.3 Å². The van der Waals surface area contributed by atoms with E-state index in [1.165, 1.54) is 33.2 Å². The first-order valence-corrected chi connectivity index (χ1v) is 11.3. The van der Waals surface area contributed by atoms with Crippen LogP contribution in [0.3, 0.4) is 0 Å². The number of pyridine rings is 1. The minimum absolute atomic E-state index is 0.0970. The van der Waals surface area contributed by atoms with Crippen LogP contribution >= 0.6 is 0 Å². The van der Waals surface area contributed by atoms with Crippen LogP contribution in [-0.2, 0) is 23.8 Å². The summed E-state index contributed by atoms with van der Waals surface area (Å²) in [5.74, 6) is -2.32. The van der Waals surface area contributed by atoms with E-state index in [4.69, 9.17) is 23.7 Å². The lowest BCUT2D eigenvalue weighted by Crippen LogP contribution is -2.44. The molecule has 1 N–H and O–H groups in total. The highest BCUT2D eigenvalue weighted by molar-refractivity contribution is 5.98. The predicted octanol–water partition coefficient (Wildman–Crippen LogP) is 3.42. The summed E-state index contributed by atoms with van der Waals surface area (Å²) in [6.07, 6.45) is -5.60. The van der Waals surface area contributed by atoms with Crippen molar-refractivity contribution in [2.75, 3.05) is 20.5 Å². The summed E-state index contributed by atoms with van der Waals surface area (Å²) in [5.41, 5.74) is -0.220. The van der Waals surface area contributed by atoms with Gasteiger partial charge in [-0.1, -0.05) is 13.8 Å². The van der Waals surface area contributed by atoms with Gasteiger partial charge in [0.2, 0.25) is 6.79 Å². The van der Waals surface area contributed by atoms with Crippen molar-refractivity contribution in [2.24, 2.45) is 5.92 Å². The number of amides is 1. The Kier molecular flexibility index (Phi) is 12.4. The normalized spacial score (nSPS) is 13.9. The van der Waals surface area contributed by atoms with Crippen LogP contribution in [0.5, 0.6) is 11.5 Å². The molecule has 1 amide bonds. The van der Waals surface area contributed by atoms with Gasteiger partial charge in [-0.25, -0.2) is 9.78 Å². The molecule has 0 saturated heterocycles. The van der Waals surface area contributed by atoms with Crippen molar-refractivity contribution < 1.29 is 51.2 Å². The molecule has 0 saturated carbocycles. The Morgan fingerprint density at radius 2 is 1.81 bits per heavy atom. The van der Waals surface area contributed by atoms with Crippen LogP contribution < -0.4 is 14.8 Å². The second kappa shape index (κ2) is 14.5. The number of nitrogens with one attached hydrogen (secondary N) is 1. The van der Waals surface area contributed by atoms with Gasteiger partial charge in [-0.2, -0.15) is 13.2 Å². The number of carbonyl (C=O) groups excluding carboxylic acids is 3. The zero-order valence-electron chi connectivity index (χ0n) is 21.1. The minimum atomic E-state index is -4.27. The summed E-state index contributed by atoms with van der Waals surface area (Å²) in [4.78, 5) is 40.4. The number of ether oxygens (including phenoxy) is 5. The third-order valence-electron chi connectivity index (χ3n) is 4.83. The monoisotopic (exact) mass is 522 g/mol. The molecule has 3 atom stereocenters. The maximum atomic E-state index is 12.8. The molecule has 1 heterocycles. The Hall–Kier alpha value is -3.09. The molecule has 0 fully saturated rings. The van der Waals surface area contributed by atoms with Gasteiger partial charge < -0.3 is 29.0 Å². The highest BCUT2D eigenvalue weighted by Gasteiger charge is 2.31. The fourth-order valence-electron chi connectivity index (χ4n) is 3.03. The van der Waals surface area contributed by atoms with E-state index >= 15 is 0 Å². The van der Waals surface area contributed by atoms with E-state index in [-0.39, 0.29) is 36.1 Å². The van der Waals surface area contributed by atoms with Gasteiger partial charge in [0.25, 0.3) is 5.91 Å². The molecule has 0 bridgehead atoms. The molecular formula is C23H33F3N2O8. The van der Waals surface area contributed by atoms with Gasteiger partial charge in [-0.3, -0.25) is 9.59 Å². The Balaban J connectivity index is 2.81. The number of nitrogens with zero attached hydrogens (tertiary/aromatic N) is 1. The van der Waals surface area contributed by atoms with Gasteiger partial charge in [0.1, 0.15) is 12.1 Å². The van der Waals surface area contributed by atoms with Gasteiger partial charge in [-0.15, -0.1) is 0 Å². The van der Waals surface area contributed by atoms with Crippen molar-refractivity contribution in [2.45, 2.75) is 71.9 Å². The maximum absolute atomic E-state index is 12.8. The average molecular weight is 523 g/mol. The van der Waals surface area contributed by atoms with E-state index in [0.717, 1.165) is 0 Å². The molecule has 13 heteroatoms. The van der Waals surface area contributed by atoms with E-state index in [0.29, 0.717) is 0 Å². The van der Waals surface area contributed by atoms with Gasteiger partial charge in [0, 0.05) is 32.2 Å². The smallest absolute Gasteiger partial charge is 0.389 e. The van der Waals surface area contributed by atoms with Crippen molar-refractivity contribution in [3.05, 3.63) is 18.0 Å². The quantitative estimate of drug-likeness (QED) is 0.222. The van der Waals surface area contributed by atoms with Gasteiger partial charge in [0.15, 0.2) is 17.2 Å². The molecule has 1 aromatic heterocycles. The van der Waals surface area contributed by atoms with Crippen LogP contribution in [0.1, 0.15) is 57.9 Å². The zero-order valence-corrected chi connectivity index (χ0v) is 21.1. The fraction of sp³-hybridized carbons (Fsp3) is 0.652. The Labute approximate surface area is 207 Å².